The molecule has 2 rings (SSSR count). The van der Waals surface area contributed by atoms with Gasteiger partial charge < -0.3 is 5.11 Å². The Kier molecular flexibility index (Phi) is 3.25. The first-order chi connectivity index (χ1) is 7.93. The van der Waals surface area contributed by atoms with Crippen LogP contribution in [0.25, 0.3) is 0 Å². The molecule has 0 saturated carbocycles. The first-order valence-electron chi connectivity index (χ1n) is 5.15. The summed E-state index contributed by atoms with van der Waals surface area (Å²) < 4.78 is 13.5. The molecule has 17 heavy (non-hydrogen) atoms. The maximum Gasteiger partial charge on any atom is 0.126 e. The number of hydrogen-bond acceptors (Lipinski definition) is 2. The Morgan fingerprint density at radius 1 is 1.35 bits per heavy atom. The third kappa shape index (κ3) is 2.23. The van der Waals surface area contributed by atoms with E-state index in [2.05, 4.69) is 0 Å². The van der Waals surface area contributed by atoms with Crippen LogP contribution in [0.5, 0.6) is 0 Å². The normalized spacial score (nSPS) is 14.6. The summed E-state index contributed by atoms with van der Waals surface area (Å²) in [6.45, 7) is 3.31. The van der Waals surface area contributed by atoms with Gasteiger partial charge in [-0.15, -0.1) is 11.3 Å². The number of hydrogen-bond donors (Lipinski definition) is 1. The van der Waals surface area contributed by atoms with Gasteiger partial charge in [0.25, 0.3) is 0 Å². The molecule has 0 aliphatic carbocycles. The lowest BCUT2D eigenvalue weighted by Crippen LogP contribution is -2.22. The monoisotopic (exact) mass is 270 g/mol. The van der Waals surface area contributed by atoms with Crippen LogP contribution in [0, 0.1) is 12.7 Å². The molecule has 1 atom stereocenters. The van der Waals surface area contributed by atoms with E-state index in [-0.39, 0.29) is 5.82 Å². The van der Waals surface area contributed by atoms with Crippen LogP contribution in [0.15, 0.2) is 29.6 Å². The van der Waals surface area contributed by atoms with E-state index in [1.54, 1.807) is 37.4 Å². The van der Waals surface area contributed by atoms with Gasteiger partial charge in [0.1, 0.15) is 11.4 Å². The standard InChI is InChI=1S/C13H12ClFOS/c1-8-3-4-9(7-11(8)15)13(2,16)12-10(14)5-6-17-12/h3-7,16H,1-2H3. The van der Waals surface area contributed by atoms with Gasteiger partial charge in [0.2, 0.25) is 0 Å². The van der Waals surface area contributed by atoms with Gasteiger partial charge in [-0.05, 0) is 42.5 Å². The van der Waals surface area contributed by atoms with Gasteiger partial charge in [0.05, 0.1) is 9.90 Å². The van der Waals surface area contributed by atoms with Crippen molar-refractivity contribution in [3.05, 3.63) is 56.5 Å². The number of aliphatic hydroxyl groups is 1. The zero-order valence-electron chi connectivity index (χ0n) is 9.50. The van der Waals surface area contributed by atoms with E-state index in [0.717, 1.165) is 0 Å². The first kappa shape index (κ1) is 12.6. The summed E-state index contributed by atoms with van der Waals surface area (Å²) in [5.74, 6) is -0.324. The number of thiophene rings is 1. The fourth-order valence-electron chi connectivity index (χ4n) is 1.67. The summed E-state index contributed by atoms with van der Waals surface area (Å²) in [6.07, 6.45) is 0. The molecule has 1 unspecified atom stereocenters. The van der Waals surface area contributed by atoms with Gasteiger partial charge in [-0.3, -0.25) is 0 Å². The fourth-order valence-corrected chi connectivity index (χ4v) is 2.99. The molecule has 0 saturated heterocycles. The van der Waals surface area contributed by atoms with Crippen LogP contribution in [0.1, 0.15) is 22.9 Å². The predicted octanol–water partition coefficient (Wildman–Crippen LogP) is 4.10. The van der Waals surface area contributed by atoms with Crippen molar-refractivity contribution >= 4 is 22.9 Å². The second-order valence-electron chi connectivity index (χ2n) is 4.13. The van der Waals surface area contributed by atoms with Crippen molar-refractivity contribution in [2.24, 2.45) is 0 Å². The van der Waals surface area contributed by atoms with Crippen LogP contribution >= 0.6 is 22.9 Å². The van der Waals surface area contributed by atoms with E-state index in [4.69, 9.17) is 11.6 Å². The Hall–Kier alpha value is -0.900. The lowest BCUT2D eigenvalue weighted by atomic mass is 9.93. The maximum absolute atomic E-state index is 13.5. The molecule has 2 aromatic rings. The molecule has 1 N–H and O–H groups in total. The lowest BCUT2D eigenvalue weighted by molar-refractivity contribution is 0.106. The van der Waals surface area contributed by atoms with Crippen molar-refractivity contribution < 1.29 is 9.50 Å². The molecule has 0 aliphatic rings. The van der Waals surface area contributed by atoms with Crippen molar-refractivity contribution in [3.63, 3.8) is 0 Å². The topological polar surface area (TPSA) is 20.2 Å². The van der Waals surface area contributed by atoms with Gasteiger partial charge in [-0.1, -0.05) is 23.7 Å². The number of benzene rings is 1. The molecule has 0 bridgehead atoms. The molecule has 90 valence electrons. The molecule has 1 heterocycles. The largest absolute Gasteiger partial charge is 0.380 e. The van der Waals surface area contributed by atoms with Crippen LogP contribution in [-0.2, 0) is 5.60 Å². The van der Waals surface area contributed by atoms with Crippen LogP contribution in [0.3, 0.4) is 0 Å². The van der Waals surface area contributed by atoms with Crippen molar-refractivity contribution in [1.29, 1.82) is 0 Å². The van der Waals surface area contributed by atoms with Gasteiger partial charge in [-0.25, -0.2) is 4.39 Å². The Morgan fingerprint density at radius 2 is 2.06 bits per heavy atom. The number of halogens is 2. The third-order valence-electron chi connectivity index (χ3n) is 2.79. The highest BCUT2D eigenvalue weighted by atomic mass is 35.5. The summed E-state index contributed by atoms with van der Waals surface area (Å²) in [5.41, 5.74) is -0.202. The third-order valence-corrected chi connectivity index (χ3v) is 4.35. The van der Waals surface area contributed by atoms with E-state index in [0.29, 0.717) is 21.0 Å². The van der Waals surface area contributed by atoms with Crippen LogP contribution in [-0.4, -0.2) is 5.11 Å². The number of rotatable bonds is 2. The molecule has 1 aromatic heterocycles. The fraction of sp³-hybridized carbons (Fsp3) is 0.231. The SMILES string of the molecule is Cc1ccc(C(C)(O)c2sccc2Cl)cc1F. The summed E-state index contributed by atoms with van der Waals surface area (Å²) in [6, 6.07) is 6.45. The highest BCUT2D eigenvalue weighted by Crippen LogP contribution is 2.37. The zero-order chi connectivity index (χ0) is 12.6. The van der Waals surface area contributed by atoms with Crippen LogP contribution in [0.4, 0.5) is 4.39 Å². The Morgan fingerprint density at radius 3 is 2.59 bits per heavy atom. The van der Waals surface area contributed by atoms with Crippen molar-refractivity contribution in [3.8, 4) is 0 Å². The van der Waals surface area contributed by atoms with Crippen LogP contribution in [0.2, 0.25) is 5.02 Å². The minimum absolute atomic E-state index is 0.324. The Balaban J connectivity index is 2.51. The van der Waals surface area contributed by atoms with Crippen LogP contribution < -0.4 is 0 Å². The molecule has 0 spiro atoms. The second kappa shape index (κ2) is 4.41. The molecule has 0 radical (unpaired) electrons. The molecule has 1 aromatic carbocycles. The molecule has 1 nitrogen and oxygen atoms in total. The highest BCUT2D eigenvalue weighted by molar-refractivity contribution is 7.10. The van der Waals surface area contributed by atoms with Crippen molar-refractivity contribution in [2.45, 2.75) is 19.4 Å². The average Bonchev–Trinajstić information content (AvgIpc) is 2.69. The molecule has 0 aliphatic heterocycles. The minimum Gasteiger partial charge on any atom is -0.380 e. The smallest absolute Gasteiger partial charge is 0.126 e. The van der Waals surface area contributed by atoms with E-state index in [1.807, 2.05) is 0 Å². The summed E-state index contributed by atoms with van der Waals surface area (Å²) in [7, 11) is 0. The van der Waals surface area contributed by atoms with Gasteiger partial charge in [-0.2, -0.15) is 0 Å². The molecular weight excluding hydrogens is 259 g/mol. The van der Waals surface area contributed by atoms with E-state index < -0.39 is 5.60 Å². The highest BCUT2D eigenvalue weighted by Gasteiger charge is 2.29. The number of aryl methyl sites for hydroxylation is 1. The Labute approximate surface area is 108 Å². The molecule has 0 amide bonds. The zero-order valence-corrected chi connectivity index (χ0v) is 11.1. The average molecular weight is 271 g/mol. The van der Waals surface area contributed by atoms with E-state index >= 15 is 0 Å². The predicted molar refractivity (Wildman–Crippen MR) is 69.1 cm³/mol. The maximum atomic E-state index is 13.5. The van der Waals surface area contributed by atoms with E-state index in [9.17, 15) is 9.50 Å². The summed E-state index contributed by atoms with van der Waals surface area (Å²) in [5, 5.41) is 12.8. The van der Waals surface area contributed by atoms with Gasteiger partial charge in [0, 0.05) is 0 Å². The van der Waals surface area contributed by atoms with Gasteiger partial charge in [0.15, 0.2) is 0 Å². The molecule has 0 fully saturated rings. The Bertz CT molecular complexity index is 548. The van der Waals surface area contributed by atoms with Gasteiger partial charge >= 0.3 is 0 Å². The second-order valence-corrected chi connectivity index (χ2v) is 5.46. The first-order valence-corrected chi connectivity index (χ1v) is 6.41. The van der Waals surface area contributed by atoms with E-state index in [1.165, 1.54) is 17.4 Å². The summed E-state index contributed by atoms with van der Waals surface area (Å²) >= 11 is 7.36. The minimum atomic E-state index is -1.26. The van der Waals surface area contributed by atoms with Crippen molar-refractivity contribution in [1.82, 2.24) is 0 Å². The van der Waals surface area contributed by atoms with Crippen molar-refractivity contribution in [2.75, 3.05) is 0 Å². The molecule has 4 heteroatoms. The lowest BCUT2D eigenvalue weighted by Gasteiger charge is -2.23. The quantitative estimate of drug-likeness (QED) is 0.871. The summed E-state index contributed by atoms with van der Waals surface area (Å²) in [4.78, 5) is 0.627. The molecular formula is C13H12ClFOS.